The number of hydrogen-bond acceptors (Lipinski definition) is 2. The first kappa shape index (κ1) is 18.8. The van der Waals surface area contributed by atoms with Crippen molar-refractivity contribution >= 4 is 17.4 Å². The molecule has 0 saturated carbocycles. The molecule has 1 unspecified atom stereocenters. The summed E-state index contributed by atoms with van der Waals surface area (Å²) in [6.07, 6.45) is 3.08. The van der Waals surface area contributed by atoms with Crippen LogP contribution >= 0.6 is 0 Å². The Kier molecular flexibility index (Phi) is 4.77. The highest BCUT2D eigenvalue weighted by Crippen LogP contribution is 2.45. The fourth-order valence-corrected chi connectivity index (χ4v) is 4.44. The summed E-state index contributed by atoms with van der Waals surface area (Å²) in [4.78, 5) is 14.8. The van der Waals surface area contributed by atoms with Crippen molar-refractivity contribution in [1.29, 1.82) is 0 Å². The van der Waals surface area contributed by atoms with Gasteiger partial charge in [0.05, 0.1) is 0 Å². The third-order valence-corrected chi connectivity index (χ3v) is 5.47. The van der Waals surface area contributed by atoms with Crippen molar-refractivity contribution in [3.05, 3.63) is 58.9 Å². The molecular formula is C23H28FN3O. The van der Waals surface area contributed by atoms with Gasteiger partial charge in [0.2, 0.25) is 0 Å². The van der Waals surface area contributed by atoms with E-state index in [4.69, 9.17) is 0 Å². The van der Waals surface area contributed by atoms with Crippen LogP contribution in [-0.2, 0) is 6.42 Å². The number of urea groups is 1. The molecule has 2 heterocycles. The fraction of sp³-hybridized carbons (Fsp3) is 0.435. The predicted octanol–water partition coefficient (Wildman–Crippen LogP) is 5.03. The van der Waals surface area contributed by atoms with E-state index in [2.05, 4.69) is 27.7 Å². The molecule has 2 amide bonds. The lowest BCUT2D eigenvalue weighted by atomic mass is 9.81. The van der Waals surface area contributed by atoms with Gasteiger partial charge in [-0.1, -0.05) is 12.1 Å². The first-order valence-corrected chi connectivity index (χ1v) is 10.1. The third kappa shape index (κ3) is 3.84. The van der Waals surface area contributed by atoms with Gasteiger partial charge in [-0.25, -0.2) is 9.18 Å². The van der Waals surface area contributed by atoms with Crippen molar-refractivity contribution in [2.75, 3.05) is 23.3 Å². The monoisotopic (exact) mass is 381 g/mol. The number of halogens is 1. The van der Waals surface area contributed by atoms with Crippen molar-refractivity contribution in [3.63, 3.8) is 0 Å². The number of hydrogen-bond donors (Lipinski definition) is 2. The molecule has 1 atom stereocenters. The standard InChI is InChI=1S/C23H28FN3O/c1-23(2,3)26-22(28)25-18-13-16-7-5-10-27-11-9-19(20(14-18)21(16)27)15-6-4-8-17(24)12-15/h4,6,8,12-14,19H,5,7,9-11H2,1-3H3,(H2,25,26,28). The lowest BCUT2D eigenvalue weighted by Crippen LogP contribution is -2.43. The molecule has 148 valence electrons. The molecule has 0 fully saturated rings. The molecule has 5 heteroatoms. The van der Waals surface area contributed by atoms with Gasteiger partial charge in [0.25, 0.3) is 0 Å². The SMILES string of the molecule is CC(C)(C)NC(=O)Nc1cc2c3c(c1)C(c1cccc(F)c1)CCN3CCC2. The molecule has 0 spiro atoms. The molecule has 0 saturated heterocycles. The van der Waals surface area contributed by atoms with Gasteiger partial charge in [-0.15, -0.1) is 0 Å². The summed E-state index contributed by atoms with van der Waals surface area (Å²) in [5.74, 6) is -0.0566. The van der Waals surface area contributed by atoms with Crippen LogP contribution in [0.15, 0.2) is 36.4 Å². The van der Waals surface area contributed by atoms with E-state index in [0.29, 0.717) is 0 Å². The van der Waals surface area contributed by atoms with E-state index in [1.807, 2.05) is 26.8 Å². The van der Waals surface area contributed by atoms with Crippen LogP contribution in [-0.4, -0.2) is 24.7 Å². The van der Waals surface area contributed by atoms with Crippen LogP contribution in [0.1, 0.15) is 56.2 Å². The number of benzene rings is 2. The molecule has 4 nitrogen and oxygen atoms in total. The number of amides is 2. The summed E-state index contributed by atoms with van der Waals surface area (Å²) >= 11 is 0. The maximum absolute atomic E-state index is 13.9. The molecule has 0 aromatic heterocycles. The second-order valence-corrected chi connectivity index (χ2v) is 8.89. The van der Waals surface area contributed by atoms with Crippen LogP contribution in [0.3, 0.4) is 0 Å². The quantitative estimate of drug-likeness (QED) is 0.766. The largest absolute Gasteiger partial charge is 0.371 e. The topological polar surface area (TPSA) is 44.4 Å². The summed E-state index contributed by atoms with van der Waals surface area (Å²) in [6.45, 7) is 7.93. The molecule has 4 rings (SSSR count). The highest BCUT2D eigenvalue weighted by molar-refractivity contribution is 5.90. The number of nitrogens with zero attached hydrogens (tertiary/aromatic N) is 1. The highest BCUT2D eigenvalue weighted by atomic mass is 19.1. The maximum Gasteiger partial charge on any atom is 0.319 e. The van der Waals surface area contributed by atoms with Crippen molar-refractivity contribution in [3.8, 4) is 0 Å². The Balaban J connectivity index is 1.73. The van der Waals surface area contributed by atoms with E-state index in [1.54, 1.807) is 12.1 Å². The second-order valence-electron chi connectivity index (χ2n) is 8.89. The van der Waals surface area contributed by atoms with Gasteiger partial charge >= 0.3 is 6.03 Å². The Bertz CT molecular complexity index is 903. The minimum Gasteiger partial charge on any atom is -0.371 e. The Morgan fingerprint density at radius 3 is 2.75 bits per heavy atom. The van der Waals surface area contributed by atoms with Gasteiger partial charge in [-0.05, 0) is 81.0 Å². The first-order chi connectivity index (χ1) is 13.3. The maximum atomic E-state index is 13.9. The zero-order chi connectivity index (χ0) is 19.9. The second kappa shape index (κ2) is 7.12. The van der Waals surface area contributed by atoms with Crippen molar-refractivity contribution in [2.24, 2.45) is 0 Å². The van der Waals surface area contributed by atoms with Gasteiger partial charge in [0.1, 0.15) is 5.82 Å². The highest BCUT2D eigenvalue weighted by Gasteiger charge is 2.31. The molecule has 0 aliphatic carbocycles. The van der Waals surface area contributed by atoms with E-state index in [9.17, 15) is 9.18 Å². The summed E-state index contributed by atoms with van der Waals surface area (Å²) in [7, 11) is 0. The molecule has 2 aromatic rings. The van der Waals surface area contributed by atoms with E-state index in [1.165, 1.54) is 22.9 Å². The molecular weight excluding hydrogens is 353 g/mol. The number of carbonyl (C=O) groups excluding carboxylic acids is 1. The van der Waals surface area contributed by atoms with Gasteiger partial charge in [0, 0.05) is 35.9 Å². The minimum atomic E-state index is -0.298. The third-order valence-electron chi connectivity index (χ3n) is 5.47. The normalized spacial score (nSPS) is 18.4. The van der Waals surface area contributed by atoms with E-state index >= 15 is 0 Å². The van der Waals surface area contributed by atoms with Gasteiger partial charge in [-0.3, -0.25) is 0 Å². The van der Waals surface area contributed by atoms with Crippen LogP contribution in [0.25, 0.3) is 0 Å². The first-order valence-electron chi connectivity index (χ1n) is 10.1. The van der Waals surface area contributed by atoms with E-state index in [-0.39, 0.29) is 23.3 Å². The van der Waals surface area contributed by atoms with E-state index in [0.717, 1.165) is 43.6 Å². The smallest absolute Gasteiger partial charge is 0.319 e. The average molecular weight is 381 g/mol. The van der Waals surface area contributed by atoms with Crippen LogP contribution in [0.5, 0.6) is 0 Å². The van der Waals surface area contributed by atoms with Crippen molar-refractivity contribution in [2.45, 2.75) is 51.5 Å². The molecule has 2 N–H and O–H groups in total. The Morgan fingerprint density at radius 1 is 1.18 bits per heavy atom. The fourth-order valence-electron chi connectivity index (χ4n) is 4.44. The van der Waals surface area contributed by atoms with Crippen molar-refractivity contribution < 1.29 is 9.18 Å². The van der Waals surface area contributed by atoms with Gasteiger partial charge < -0.3 is 15.5 Å². The van der Waals surface area contributed by atoms with Crippen molar-refractivity contribution in [1.82, 2.24) is 5.32 Å². The zero-order valence-electron chi connectivity index (χ0n) is 16.8. The molecule has 2 aliphatic rings. The Morgan fingerprint density at radius 2 is 2.00 bits per heavy atom. The lowest BCUT2D eigenvalue weighted by molar-refractivity contribution is 0.244. The summed E-state index contributed by atoms with van der Waals surface area (Å²) in [6, 6.07) is 10.9. The zero-order valence-corrected chi connectivity index (χ0v) is 16.8. The molecule has 0 bridgehead atoms. The summed E-state index contributed by atoms with van der Waals surface area (Å²) in [5.41, 5.74) is 5.27. The number of nitrogens with one attached hydrogen (secondary N) is 2. The van der Waals surface area contributed by atoms with Gasteiger partial charge in [-0.2, -0.15) is 0 Å². The minimum absolute atomic E-state index is 0.145. The molecule has 2 aromatic carbocycles. The lowest BCUT2D eigenvalue weighted by Gasteiger charge is -2.40. The Labute approximate surface area is 166 Å². The summed E-state index contributed by atoms with van der Waals surface area (Å²) < 4.78 is 13.9. The van der Waals surface area contributed by atoms with Crippen LogP contribution in [0.4, 0.5) is 20.6 Å². The predicted molar refractivity (Wildman–Crippen MR) is 112 cm³/mol. The molecule has 0 radical (unpaired) electrons. The number of anilines is 2. The molecule has 2 aliphatic heterocycles. The van der Waals surface area contributed by atoms with Crippen LogP contribution in [0, 0.1) is 5.82 Å². The average Bonchev–Trinajstić information content (AvgIpc) is 2.60. The number of rotatable bonds is 2. The summed E-state index contributed by atoms with van der Waals surface area (Å²) in [5, 5.41) is 5.95. The Hall–Kier alpha value is -2.56. The number of aryl methyl sites for hydroxylation is 1. The number of carbonyl (C=O) groups is 1. The van der Waals surface area contributed by atoms with Gasteiger partial charge in [0.15, 0.2) is 0 Å². The van der Waals surface area contributed by atoms with Crippen LogP contribution in [0.2, 0.25) is 0 Å². The van der Waals surface area contributed by atoms with Crippen LogP contribution < -0.4 is 15.5 Å². The van der Waals surface area contributed by atoms with E-state index < -0.39 is 0 Å². The molecule has 28 heavy (non-hydrogen) atoms.